The standard InChI is InChI=1S/C14H11F3O/c1-18-13-8-4-11(5-9-13)10-2-6-12(7-3-10)14(15,16)17/h2-9H,1H3/i2D. The minimum atomic E-state index is -4.42. The van der Waals surface area contributed by atoms with Crippen LogP contribution < -0.4 is 4.74 Å². The molecule has 0 heterocycles. The normalized spacial score (nSPS) is 12.1. The molecule has 2 aromatic rings. The topological polar surface area (TPSA) is 9.23 Å². The molecule has 0 aliphatic rings. The van der Waals surface area contributed by atoms with Crippen LogP contribution >= 0.6 is 0 Å². The van der Waals surface area contributed by atoms with Crippen LogP contribution in [0.25, 0.3) is 11.1 Å². The number of benzene rings is 2. The van der Waals surface area contributed by atoms with E-state index < -0.39 is 11.7 Å². The predicted octanol–water partition coefficient (Wildman–Crippen LogP) is 4.38. The van der Waals surface area contributed by atoms with Gasteiger partial charge in [0.15, 0.2) is 0 Å². The Kier molecular flexibility index (Phi) is 2.92. The highest BCUT2D eigenvalue weighted by molar-refractivity contribution is 5.64. The Morgan fingerprint density at radius 2 is 1.56 bits per heavy atom. The Morgan fingerprint density at radius 3 is 2.06 bits per heavy atom. The molecule has 0 radical (unpaired) electrons. The molecule has 0 aliphatic heterocycles. The fourth-order valence-corrected chi connectivity index (χ4v) is 1.55. The van der Waals surface area contributed by atoms with Gasteiger partial charge in [0, 0.05) is 0 Å². The molecule has 0 saturated carbocycles. The van der Waals surface area contributed by atoms with Crippen LogP contribution in [0.1, 0.15) is 6.93 Å². The first-order valence-electron chi connectivity index (χ1n) is 5.74. The number of hydrogen-bond donors (Lipinski definition) is 0. The molecule has 18 heavy (non-hydrogen) atoms. The molecule has 0 spiro atoms. The van der Waals surface area contributed by atoms with Crippen LogP contribution in [0, 0.1) is 0 Å². The van der Waals surface area contributed by atoms with E-state index in [2.05, 4.69) is 0 Å². The van der Waals surface area contributed by atoms with Crippen LogP contribution in [0.2, 0.25) is 0 Å². The molecule has 2 aromatic carbocycles. The van der Waals surface area contributed by atoms with Crippen molar-refractivity contribution in [3.63, 3.8) is 0 Å². The lowest BCUT2D eigenvalue weighted by Crippen LogP contribution is -2.03. The molecule has 94 valence electrons. The van der Waals surface area contributed by atoms with E-state index >= 15 is 0 Å². The molecule has 0 amide bonds. The minimum Gasteiger partial charge on any atom is -0.497 e. The maximum absolute atomic E-state index is 12.5. The molecule has 0 saturated heterocycles. The molecule has 4 heteroatoms. The summed E-state index contributed by atoms with van der Waals surface area (Å²) in [4.78, 5) is 0. The number of halogens is 3. The Balaban J connectivity index is 2.40. The van der Waals surface area contributed by atoms with E-state index in [1.807, 2.05) is 0 Å². The zero-order valence-electron chi connectivity index (χ0n) is 10.6. The average molecular weight is 253 g/mol. The van der Waals surface area contributed by atoms with Gasteiger partial charge in [0.25, 0.3) is 0 Å². The second kappa shape index (κ2) is 4.72. The molecule has 0 bridgehead atoms. The number of rotatable bonds is 2. The summed E-state index contributed by atoms with van der Waals surface area (Å²) in [6.07, 6.45) is -4.42. The first-order valence-corrected chi connectivity index (χ1v) is 5.24. The van der Waals surface area contributed by atoms with Crippen LogP contribution in [-0.2, 0) is 6.18 Å². The van der Waals surface area contributed by atoms with Crippen molar-refractivity contribution in [3.8, 4) is 16.9 Å². The summed E-state index contributed by atoms with van der Waals surface area (Å²) in [6.45, 7) is 0. The second-order valence-corrected chi connectivity index (χ2v) is 3.72. The van der Waals surface area contributed by atoms with Gasteiger partial charge in [0.05, 0.1) is 14.0 Å². The van der Waals surface area contributed by atoms with Crippen molar-refractivity contribution in [2.75, 3.05) is 7.11 Å². The fraction of sp³-hybridized carbons (Fsp3) is 0.143. The van der Waals surface area contributed by atoms with Gasteiger partial charge >= 0.3 is 6.18 Å². The number of alkyl halides is 3. The minimum absolute atomic E-state index is 0.153. The first kappa shape index (κ1) is 11.1. The van der Waals surface area contributed by atoms with E-state index in [1.165, 1.54) is 13.2 Å². The van der Waals surface area contributed by atoms with Crippen molar-refractivity contribution < 1.29 is 19.3 Å². The quantitative estimate of drug-likeness (QED) is 0.771. The van der Waals surface area contributed by atoms with E-state index in [0.717, 1.165) is 12.1 Å². The van der Waals surface area contributed by atoms with Crippen molar-refractivity contribution >= 4 is 0 Å². The molecule has 0 atom stereocenters. The van der Waals surface area contributed by atoms with Crippen molar-refractivity contribution in [1.82, 2.24) is 0 Å². The van der Waals surface area contributed by atoms with Gasteiger partial charge in [0.2, 0.25) is 0 Å². The van der Waals surface area contributed by atoms with Crippen LogP contribution in [0.4, 0.5) is 13.2 Å². The van der Waals surface area contributed by atoms with Crippen LogP contribution in [0.5, 0.6) is 5.75 Å². The highest BCUT2D eigenvalue weighted by Crippen LogP contribution is 2.31. The molecular weight excluding hydrogens is 241 g/mol. The van der Waals surface area contributed by atoms with Crippen molar-refractivity contribution in [2.24, 2.45) is 0 Å². The summed E-state index contributed by atoms with van der Waals surface area (Å²) in [5.74, 6) is 0.655. The van der Waals surface area contributed by atoms with Crippen molar-refractivity contribution in [2.45, 2.75) is 6.18 Å². The van der Waals surface area contributed by atoms with Crippen LogP contribution in [-0.4, -0.2) is 7.11 Å². The summed E-state index contributed by atoms with van der Waals surface area (Å²) in [7, 11) is 1.53. The third-order valence-corrected chi connectivity index (χ3v) is 2.54. The zero-order chi connectivity index (χ0) is 14.0. The lowest BCUT2D eigenvalue weighted by Gasteiger charge is -2.08. The van der Waals surface area contributed by atoms with Gasteiger partial charge in [-0.15, -0.1) is 0 Å². The monoisotopic (exact) mass is 253 g/mol. The predicted molar refractivity (Wildman–Crippen MR) is 63.4 cm³/mol. The summed E-state index contributed by atoms with van der Waals surface area (Å²) >= 11 is 0. The Morgan fingerprint density at radius 1 is 0.944 bits per heavy atom. The maximum atomic E-state index is 12.5. The van der Waals surface area contributed by atoms with E-state index in [9.17, 15) is 13.2 Å². The van der Waals surface area contributed by atoms with Gasteiger partial charge < -0.3 is 4.74 Å². The molecule has 0 aliphatic carbocycles. The zero-order valence-corrected chi connectivity index (χ0v) is 9.58. The third-order valence-electron chi connectivity index (χ3n) is 2.54. The summed E-state index contributed by atoms with van der Waals surface area (Å²) < 4.78 is 50.2. The van der Waals surface area contributed by atoms with Gasteiger partial charge in [-0.3, -0.25) is 0 Å². The van der Waals surface area contributed by atoms with Gasteiger partial charge in [-0.1, -0.05) is 24.2 Å². The largest absolute Gasteiger partial charge is 0.497 e. The van der Waals surface area contributed by atoms with E-state index in [-0.39, 0.29) is 6.04 Å². The molecular formula is C14H11F3O. The maximum Gasteiger partial charge on any atom is 0.416 e. The second-order valence-electron chi connectivity index (χ2n) is 3.72. The van der Waals surface area contributed by atoms with Gasteiger partial charge in [-0.2, -0.15) is 13.2 Å². The van der Waals surface area contributed by atoms with E-state index in [4.69, 9.17) is 6.11 Å². The van der Waals surface area contributed by atoms with Crippen LogP contribution in [0.15, 0.2) is 48.5 Å². The Hall–Kier alpha value is -1.97. The smallest absolute Gasteiger partial charge is 0.416 e. The summed E-state index contributed by atoms with van der Waals surface area (Å²) in [5.41, 5.74) is 0.324. The van der Waals surface area contributed by atoms with E-state index in [0.29, 0.717) is 16.9 Å². The number of methoxy groups -OCH3 is 1. The summed E-state index contributed by atoms with van der Waals surface area (Å²) in [5, 5.41) is 0. The van der Waals surface area contributed by atoms with Crippen LogP contribution in [0.3, 0.4) is 0 Å². The fourth-order valence-electron chi connectivity index (χ4n) is 1.55. The number of hydrogen-bond acceptors (Lipinski definition) is 1. The number of ether oxygens (including phenoxy) is 1. The molecule has 1 nitrogen and oxygen atoms in total. The van der Waals surface area contributed by atoms with Crippen molar-refractivity contribution in [3.05, 3.63) is 54.1 Å². The molecule has 0 unspecified atom stereocenters. The lowest BCUT2D eigenvalue weighted by atomic mass is 10.0. The van der Waals surface area contributed by atoms with E-state index in [1.54, 1.807) is 24.3 Å². The van der Waals surface area contributed by atoms with Gasteiger partial charge in [-0.05, 0) is 35.4 Å². The lowest BCUT2D eigenvalue weighted by molar-refractivity contribution is -0.137. The Labute approximate surface area is 104 Å². The Bertz CT molecular complexity index is 576. The molecule has 0 fully saturated rings. The molecule has 0 N–H and O–H groups in total. The highest BCUT2D eigenvalue weighted by Gasteiger charge is 2.29. The summed E-state index contributed by atoms with van der Waals surface area (Å²) in [6, 6.07) is 9.79. The average Bonchev–Trinajstić information content (AvgIpc) is 2.38. The van der Waals surface area contributed by atoms with Gasteiger partial charge in [0.1, 0.15) is 5.75 Å². The molecule has 0 aromatic heterocycles. The third kappa shape index (κ3) is 2.64. The highest BCUT2D eigenvalue weighted by atomic mass is 19.4. The molecule has 2 rings (SSSR count). The first-order chi connectivity index (χ1) is 8.91. The SMILES string of the molecule is [2H]c1cc(C(F)(F)F)ccc1-c1ccc(OC)cc1. The van der Waals surface area contributed by atoms with Gasteiger partial charge in [-0.25, -0.2) is 0 Å². The van der Waals surface area contributed by atoms with Crippen molar-refractivity contribution in [1.29, 1.82) is 0 Å².